The van der Waals surface area contributed by atoms with Gasteiger partial charge in [-0.3, -0.25) is 0 Å². The van der Waals surface area contributed by atoms with Crippen molar-refractivity contribution in [3.8, 4) is 0 Å². The maximum absolute atomic E-state index is 2.45. The van der Waals surface area contributed by atoms with Crippen LogP contribution in [-0.4, -0.2) is 4.57 Å². The van der Waals surface area contributed by atoms with Gasteiger partial charge in [0.15, 0.2) is 5.69 Å². The van der Waals surface area contributed by atoms with E-state index < -0.39 is 0 Å². The molecule has 1 aliphatic rings. The zero-order valence-electron chi connectivity index (χ0n) is 8.60. The number of fused-ring (bicyclic) bond motifs is 1. The zero-order valence-corrected chi connectivity index (χ0v) is 8.60. The molecule has 0 aliphatic carbocycles. The Kier molecular flexibility index (Phi) is 1.26. The van der Waals surface area contributed by atoms with E-state index in [0.717, 1.165) is 0 Å². The molecule has 0 saturated carbocycles. The van der Waals surface area contributed by atoms with E-state index in [-0.39, 0.29) is 0 Å². The van der Waals surface area contributed by atoms with Crippen LogP contribution in [-0.2, 0) is 19.0 Å². The smallest absolute Gasteiger partial charge is 0.234 e. The van der Waals surface area contributed by atoms with Gasteiger partial charge in [0, 0.05) is 13.8 Å². The maximum Gasteiger partial charge on any atom is 0.253 e. The normalized spacial score (nSPS) is 18.8. The predicted molar refractivity (Wildman–Crippen MR) is 48.1 cm³/mol. The van der Waals surface area contributed by atoms with Crippen molar-refractivity contribution in [3.05, 3.63) is 17.2 Å². The van der Waals surface area contributed by atoms with E-state index in [9.17, 15) is 0 Å². The van der Waals surface area contributed by atoms with Crippen LogP contribution in [0, 0.1) is 13.8 Å². The van der Waals surface area contributed by atoms with E-state index >= 15 is 0 Å². The first-order chi connectivity index (χ1) is 5.45. The third-order valence-corrected chi connectivity index (χ3v) is 3.21. The number of imidazole rings is 1. The molecule has 1 aromatic heterocycles. The Morgan fingerprint density at radius 2 is 1.92 bits per heavy atom. The Morgan fingerprint density at radius 1 is 1.33 bits per heavy atom. The summed E-state index contributed by atoms with van der Waals surface area (Å²) in [6, 6.07) is 0. The first kappa shape index (κ1) is 7.84. The molecule has 0 aromatic carbocycles. The highest BCUT2D eigenvalue weighted by Crippen LogP contribution is 2.27. The van der Waals surface area contributed by atoms with Gasteiger partial charge in [0.2, 0.25) is 0 Å². The van der Waals surface area contributed by atoms with E-state index in [0.29, 0.717) is 5.54 Å². The van der Waals surface area contributed by atoms with E-state index in [1.807, 2.05) is 0 Å². The van der Waals surface area contributed by atoms with Crippen LogP contribution in [0.5, 0.6) is 0 Å². The van der Waals surface area contributed by atoms with Crippen molar-refractivity contribution >= 4 is 0 Å². The minimum Gasteiger partial charge on any atom is -0.234 e. The molecule has 12 heavy (non-hydrogen) atoms. The van der Waals surface area contributed by atoms with Crippen LogP contribution in [0.4, 0.5) is 0 Å². The molecular formula is C10H17N2+. The standard InChI is InChI=1S/C10H17N2/c1-7-9-6-10(3,4)12(9)8(2)11(7)5/h6H2,1-5H3/q+1. The molecule has 1 aromatic rings. The van der Waals surface area contributed by atoms with Crippen molar-refractivity contribution in [2.24, 2.45) is 7.05 Å². The molecular weight excluding hydrogens is 148 g/mol. The minimum absolute atomic E-state index is 0.353. The van der Waals surface area contributed by atoms with E-state index in [4.69, 9.17) is 0 Å². The quantitative estimate of drug-likeness (QED) is 0.511. The summed E-state index contributed by atoms with van der Waals surface area (Å²) in [5.41, 5.74) is 3.29. The molecule has 0 fully saturated rings. The summed E-state index contributed by atoms with van der Waals surface area (Å²) in [7, 11) is 2.14. The van der Waals surface area contributed by atoms with Crippen molar-refractivity contribution in [3.63, 3.8) is 0 Å². The Labute approximate surface area is 73.8 Å². The summed E-state index contributed by atoms with van der Waals surface area (Å²) in [5, 5.41) is 0. The van der Waals surface area contributed by atoms with Crippen molar-refractivity contribution in [2.45, 2.75) is 39.7 Å². The second-order valence-electron chi connectivity index (χ2n) is 4.46. The molecule has 0 bridgehead atoms. The summed E-state index contributed by atoms with van der Waals surface area (Å²) in [6.45, 7) is 8.99. The largest absolute Gasteiger partial charge is 0.253 e. The molecule has 0 saturated heterocycles. The third kappa shape index (κ3) is 0.680. The molecule has 0 spiro atoms. The fraction of sp³-hybridized carbons (Fsp3) is 0.700. The molecule has 0 unspecified atom stereocenters. The molecule has 0 amide bonds. The second kappa shape index (κ2) is 1.93. The van der Waals surface area contributed by atoms with E-state index in [1.165, 1.54) is 23.6 Å². The molecule has 66 valence electrons. The lowest BCUT2D eigenvalue weighted by molar-refractivity contribution is -0.807. The Morgan fingerprint density at radius 3 is 2.25 bits per heavy atom. The second-order valence-corrected chi connectivity index (χ2v) is 4.46. The Hall–Kier alpha value is -0.790. The fourth-order valence-electron chi connectivity index (χ4n) is 2.35. The van der Waals surface area contributed by atoms with Crippen LogP contribution >= 0.6 is 0 Å². The van der Waals surface area contributed by atoms with Crippen molar-refractivity contribution < 1.29 is 4.57 Å². The molecule has 1 aliphatic heterocycles. The summed E-state index contributed by atoms with van der Waals surface area (Å²) in [4.78, 5) is 0. The Bertz CT molecular complexity index is 326. The minimum atomic E-state index is 0.353. The van der Waals surface area contributed by atoms with Gasteiger partial charge in [0.1, 0.15) is 11.2 Å². The van der Waals surface area contributed by atoms with Gasteiger partial charge in [-0.2, -0.15) is 0 Å². The van der Waals surface area contributed by atoms with Gasteiger partial charge in [-0.15, -0.1) is 0 Å². The molecule has 0 radical (unpaired) electrons. The number of hydrogen-bond donors (Lipinski definition) is 0. The molecule has 0 atom stereocenters. The topological polar surface area (TPSA) is 8.81 Å². The van der Waals surface area contributed by atoms with Crippen molar-refractivity contribution in [1.29, 1.82) is 0 Å². The van der Waals surface area contributed by atoms with Gasteiger partial charge in [-0.1, -0.05) is 0 Å². The Balaban J connectivity index is 2.68. The summed E-state index contributed by atoms with van der Waals surface area (Å²) < 4.78 is 4.73. The van der Waals surface area contributed by atoms with Crippen molar-refractivity contribution in [2.75, 3.05) is 0 Å². The molecule has 2 heterocycles. The van der Waals surface area contributed by atoms with Crippen LogP contribution in [0.3, 0.4) is 0 Å². The van der Waals surface area contributed by atoms with Crippen LogP contribution in [0.15, 0.2) is 0 Å². The monoisotopic (exact) mass is 165 g/mol. The lowest BCUT2D eigenvalue weighted by atomic mass is 9.89. The lowest BCUT2D eigenvalue weighted by Crippen LogP contribution is -2.66. The van der Waals surface area contributed by atoms with Crippen molar-refractivity contribution in [1.82, 2.24) is 4.57 Å². The van der Waals surface area contributed by atoms with Gasteiger partial charge in [-0.25, -0.2) is 9.13 Å². The van der Waals surface area contributed by atoms with E-state index in [1.54, 1.807) is 0 Å². The average molecular weight is 165 g/mol. The van der Waals surface area contributed by atoms with Gasteiger partial charge in [-0.05, 0) is 13.8 Å². The molecule has 2 nitrogen and oxygen atoms in total. The van der Waals surface area contributed by atoms with Gasteiger partial charge in [0.25, 0.3) is 5.82 Å². The lowest BCUT2D eigenvalue weighted by Gasteiger charge is -2.32. The number of aromatic nitrogens is 2. The molecule has 2 heteroatoms. The highest BCUT2D eigenvalue weighted by Gasteiger charge is 2.45. The van der Waals surface area contributed by atoms with Gasteiger partial charge in [0.05, 0.1) is 13.5 Å². The first-order valence-electron chi connectivity index (χ1n) is 4.52. The van der Waals surface area contributed by atoms with Crippen LogP contribution in [0.2, 0.25) is 0 Å². The predicted octanol–water partition coefficient (Wildman–Crippen LogP) is 1.22. The summed E-state index contributed by atoms with van der Waals surface area (Å²) in [5.74, 6) is 1.37. The average Bonchev–Trinajstić information content (AvgIpc) is 2.12. The maximum atomic E-state index is 2.45. The first-order valence-corrected chi connectivity index (χ1v) is 4.52. The summed E-state index contributed by atoms with van der Waals surface area (Å²) >= 11 is 0. The third-order valence-electron chi connectivity index (χ3n) is 3.21. The van der Waals surface area contributed by atoms with Gasteiger partial charge >= 0.3 is 0 Å². The van der Waals surface area contributed by atoms with Crippen LogP contribution < -0.4 is 4.57 Å². The number of rotatable bonds is 0. The SMILES string of the molecule is Cc1c2[n+](c(C)n1C)C(C)(C)C2. The van der Waals surface area contributed by atoms with Gasteiger partial charge < -0.3 is 0 Å². The molecule has 0 N–H and O–H groups in total. The summed E-state index contributed by atoms with van der Waals surface area (Å²) in [6.07, 6.45) is 1.22. The van der Waals surface area contributed by atoms with E-state index in [2.05, 4.69) is 43.9 Å². The fourth-order valence-corrected chi connectivity index (χ4v) is 2.35. The highest BCUT2D eigenvalue weighted by atomic mass is 15.2. The zero-order chi connectivity index (χ0) is 9.09. The number of nitrogens with zero attached hydrogens (tertiary/aromatic N) is 2. The molecule has 2 rings (SSSR count). The number of hydrogen-bond acceptors (Lipinski definition) is 0. The highest BCUT2D eigenvalue weighted by molar-refractivity contribution is 5.14. The van der Waals surface area contributed by atoms with Crippen LogP contribution in [0.1, 0.15) is 31.1 Å². The van der Waals surface area contributed by atoms with Crippen LogP contribution in [0.25, 0.3) is 0 Å².